The van der Waals surface area contributed by atoms with Crippen molar-refractivity contribution >= 4 is 35.1 Å². The summed E-state index contributed by atoms with van der Waals surface area (Å²) in [5, 5.41) is 15.3. The van der Waals surface area contributed by atoms with Crippen LogP contribution in [-0.4, -0.2) is 77.6 Å². The largest absolute Gasteiger partial charge is 0.476 e. The summed E-state index contributed by atoms with van der Waals surface area (Å²) in [5.41, 5.74) is 0.991. The molecule has 51 heavy (non-hydrogen) atoms. The van der Waals surface area contributed by atoms with E-state index in [4.69, 9.17) is 25.8 Å². The summed E-state index contributed by atoms with van der Waals surface area (Å²) >= 11 is 6.79. The van der Waals surface area contributed by atoms with Crippen LogP contribution in [0.15, 0.2) is 48.4 Å². The number of carbonyl (C=O) groups excluding carboxylic acids is 3. The molecule has 4 rings (SSSR count). The summed E-state index contributed by atoms with van der Waals surface area (Å²) in [6, 6.07) is 3.02. The van der Waals surface area contributed by atoms with E-state index in [-0.39, 0.29) is 47.8 Å². The van der Waals surface area contributed by atoms with Crippen molar-refractivity contribution in [2.45, 2.75) is 130 Å². The lowest BCUT2D eigenvalue weighted by molar-refractivity contribution is -0.162. The van der Waals surface area contributed by atoms with Gasteiger partial charge in [-0.15, -0.1) is 0 Å². The zero-order valence-corrected chi connectivity index (χ0v) is 33.0. The molecule has 0 spiro atoms. The molecule has 282 valence electrons. The fourth-order valence-electron chi connectivity index (χ4n) is 6.93. The van der Waals surface area contributed by atoms with Crippen molar-refractivity contribution < 1.29 is 33.7 Å². The van der Waals surface area contributed by atoms with Crippen molar-refractivity contribution in [3.63, 3.8) is 0 Å². The van der Waals surface area contributed by atoms with Gasteiger partial charge in [0.1, 0.15) is 29.6 Å². The van der Waals surface area contributed by atoms with E-state index in [1.54, 1.807) is 21.0 Å². The highest BCUT2D eigenvalue weighted by Crippen LogP contribution is 2.49. The van der Waals surface area contributed by atoms with Crippen molar-refractivity contribution in [3.05, 3.63) is 64.5 Å². The number of nitrogens with zero attached hydrogens (tertiary/aromatic N) is 2. The van der Waals surface area contributed by atoms with E-state index in [9.17, 15) is 19.5 Å². The maximum Gasteiger partial charge on any atom is 0.328 e. The maximum atomic E-state index is 14.1. The highest BCUT2D eigenvalue weighted by Gasteiger charge is 2.64. The number of amides is 2. The lowest BCUT2D eigenvalue weighted by Gasteiger charge is -2.44. The SMILES string of the molecule is C=C1N[C@]2(O)C[C@H](O1)[C@@H](C)[C@@H]1O[C@@]1(C)[C@@H](OC(=O)[C@H](C)N(C)C(=O)CCC(C)(C)C)CC(=O)N(C)c1cc(cc(C)c1Cl)C/C(C)=C/C=C/[C@H]2C. The summed E-state index contributed by atoms with van der Waals surface area (Å²) in [4.78, 5) is 43.8. The summed E-state index contributed by atoms with van der Waals surface area (Å²) in [7, 11) is 3.26. The van der Waals surface area contributed by atoms with Crippen LogP contribution in [0.5, 0.6) is 0 Å². The number of aliphatic hydroxyl groups is 1. The molecule has 3 heterocycles. The van der Waals surface area contributed by atoms with E-state index in [0.717, 1.165) is 16.7 Å². The number of nitrogens with one attached hydrogen (secondary N) is 1. The minimum absolute atomic E-state index is 0.0388. The Morgan fingerprint density at radius 3 is 2.57 bits per heavy atom. The Balaban J connectivity index is 1.71. The summed E-state index contributed by atoms with van der Waals surface area (Å²) < 4.78 is 18.6. The van der Waals surface area contributed by atoms with Gasteiger partial charge in [0.05, 0.1) is 23.2 Å². The molecule has 10 nitrogen and oxygen atoms in total. The van der Waals surface area contributed by atoms with E-state index in [0.29, 0.717) is 30.0 Å². The number of aryl methyl sites for hydroxylation is 1. The number of anilines is 1. The van der Waals surface area contributed by atoms with Crippen LogP contribution >= 0.6 is 11.6 Å². The number of rotatable bonds is 5. The molecule has 2 fully saturated rings. The molecule has 3 aliphatic rings. The van der Waals surface area contributed by atoms with Crippen molar-refractivity contribution in [2.75, 3.05) is 19.0 Å². The lowest BCUT2D eigenvalue weighted by Crippen LogP contribution is -2.57. The quantitative estimate of drug-likeness (QED) is 0.257. The molecule has 3 aliphatic heterocycles. The van der Waals surface area contributed by atoms with E-state index in [1.807, 2.05) is 65.0 Å². The number of fused-ring (bicyclic) bond motifs is 5. The van der Waals surface area contributed by atoms with E-state index >= 15 is 0 Å². The summed E-state index contributed by atoms with van der Waals surface area (Å²) in [5.74, 6) is -1.47. The standard InChI is InChI=1S/C40H58ClN3O7/c1-23-14-13-15-25(3)40(48)22-31(49-28(6)42-40)26(4)36-39(10,51-36)32(50-37(47)27(5)43(11)33(45)16-17-38(7,8)9)21-34(46)44(12)30-20-29(18-23)19-24(2)35(30)41/h13-15,19-20,25-27,31-32,36,42,48H,6,16-18,21-22H2,1-5,7-12H3/b15-13+,23-14+/t25-,26-,27+,31+,32+,36+,39+,40+/m1/s1. The highest BCUT2D eigenvalue weighted by molar-refractivity contribution is 6.34. The van der Waals surface area contributed by atoms with Gasteiger partial charge < -0.3 is 34.4 Å². The number of carbonyl (C=O) groups is 3. The van der Waals surface area contributed by atoms with Gasteiger partial charge in [0, 0.05) is 38.8 Å². The molecular weight excluding hydrogens is 670 g/mol. The molecule has 2 amide bonds. The molecule has 2 saturated heterocycles. The van der Waals surface area contributed by atoms with Crippen LogP contribution in [-0.2, 0) is 35.0 Å². The third-order valence-corrected chi connectivity index (χ3v) is 11.3. The number of halogens is 1. The van der Waals surface area contributed by atoms with Crippen LogP contribution in [0.25, 0.3) is 0 Å². The van der Waals surface area contributed by atoms with Gasteiger partial charge in [-0.25, -0.2) is 4.79 Å². The Bertz CT molecular complexity index is 1580. The van der Waals surface area contributed by atoms with E-state index in [1.165, 1.54) is 9.80 Å². The molecular formula is C40H58ClN3O7. The predicted molar refractivity (Wildman–Crippen MR) is 200 cm³/mol. The molecule has 0 aromatic heterocycles. The van der Waals surface area contributed by atoms with Gasteiger partial charge >= 0.3 is 5.97 Å². The maximum absolute atomic E-state index is 14.1. The van der Waals surface area contributed by atoms with Gasteiger partial charge in [-0.2, -0.15) is 0 Å². The Kier molecular flexibility index (Phi) is 12.2. The first-order valence-corrected chi connectivity index (χ1v) is 18.3. The molecule has 1 aromatic rings. The minimum atomic E-state index is -1.34. The molecule has 0 saturated carbocycles. The Hall–Kier alpha value is -3.34. The molecule has 1 aromatic carbocycles. The van der Waals surface area contributed by atoms with Crippen molar-refractivity contribution in [3.8, 4) is 0 Å². The molecule has 4 bridgehead atoms. The third-order valence-electron chi connectivity index (χ3n) is 10.8. The Labute approximate surface area is 309 Å². The molecule has 0 radical (unpaired) electrons. The van der Waals surface area contributed by atoms with Crippen LogP contribution in [0.1, 0.15) is 92.2 Å². The zero-order chi connectivity index (χ0) is 38.2. The average Bonchev–Trinajstić information content (AvgIpc) is 3.74. The fraction of sp³-hybridized carbons (Fsp3) is 0.625. The van der Waals surface area contributed by atoms with Crippen LogP contribution in [0.4, 0.5) is 5.69 Å². The molecule has 0 unspecified atom stereocenters. The minimum Gasteiger partial charge on any atom is -0.476 e. The number of epoxide rings is 1. The van der Waals surface area contributed by atoms with Crippen LogP contribution in [0.2, 0.25) is 5.02 Å². The summed E-state index contributed by atoms with van der Waals surface area (Å²) in [6.45, 7) is 21.4. The van der Waals surface area contributed by atoms with Crippen molar-refractivity contribution in [1.29, 1.82) is 0 Å². The molecule has 11 heteroatoms. The molecule has 2 N–H and O–H groups in total. The van der Waals surface area contributed by atoms with Gasteiger partial charge in [0.25, 0.3) is 0 Å². The second kappa shape index (κ2) is 15.3. The number of likely N-dealkylation sites (N-methyl/N-ethyl adjacent to an activating group) is 1. The first kappa shape index (κ1) is 40.4. The average molecular weight is 728 g/mol. The second-order valence-corrected chi connectivity index (χ2v) is 16.7. The number of benzene rings is 1. The number of allylic oxidation sites excluding steroid dienone is 3. The first-order valence-electron chi connectivity index (χ1n) is 18.0. The normalized spacial score (nSPS) is 32.4. The van der Waals surface area contributed by atoms with E-state index < -0.39 is 41.6 Å². The van der Waals surface area contributed by atoms with Crippen molar-refractivity contribution in [2.24, 2.45) is 17.3 Å². The fourth-order valence-corrected chi connectivity index (χ4v) is 7.16. The van der Waals surface area contributed by atoms with Gasteiger partial charge in [0.15, 0.2) is 5.88 Å². The van der Waals surface area contributed by atoms with Crippen LogP contribution in [0.3, 0.4) is 0 Å². The Morgan fingerprint density at radius 1 is 1.25 bits per heavy atom. The number of ether oxygens (including phenoxy) is 3. The Morgan fingerprint density at radius 2 is 1.92 bits per heavy atom. The molecule has 8 atom stereocenters. The van der Waals surface area contributed by atoms with Crippen molar-refractivity contribution in [1.82, 2.24) is 10.2 Å². The van der Waals surface area contributed by atoms with Gasteiger partial charge in [-0.05, 0) is 69.7 Å². The van der Waals surface area contributed by atoms with Gasteiger partial charge in [-0.3, -0.25) is 9.59 Å². The number of hydrogen-bond acceptors (Lipinski definition) is 8. The third kappa shape index (κ3) is 9.37. The monoisotopic (exact) mass is 727 g/mol. The number of hydrogen-bond donors (Lipinski definition) is 2. The lowest BCUT2D eigenvalue weighted by atomic mass is 9.82. The summed E-state index contributed by atoms with van der Waals surface area (Å²) in [6.07, 6.45) is 5.56. The molecule has 0 aliphatic carbocycles. The zero-order valence-electron chi connectivity index (χ0n) is 32.3. The first-order chi connectivity index (χ1) is 23.6. The smallest absolute Gasteiger partial charge is 0.328 e. The predicted octanol–water partition coefficient (Wildman–Crippen LogP) is 6.61. The highest BCUT2D eigenvalue weighted by atomic mass is 35.5. The second-order valence-electron chi connectivity index (χ2n) is 16.3. The van der Waals surface area contributed by atoms with E-state index in [2.05, 4.69) is 32.7 Å². The van der Waals surface area contributed by atoms with Gasteiger partial charge in [0.2, 0.25) is 11.8 Å². The van der Waals surface area contributed by atoms with Gasteiger partial charge in [-0.1, -0.05) is 76.1 Å². The van der Waals surface area contributed by atoms with Crippen LogP contribution < -0.4 is 10.2 Å². The topological polar surface area (TPSA) is 121 Å². The van der Waals surface area contributed by atoms with Crippen LogP contribution in [0, 0.1) is 24.2 Å². The number of esters is 1.